The molecule has 0 aliphatic carbocycles. The Kier molecular flexibility index (Phi) is 2.20. The summed E-state index contributed by atoms with van der Waals surface area (Å²) in [5.41, 5.74) is -0.122. The van der Waals surface area contributed by atoms with Crippen molar-refractivity contribution in [2.75, 3.05) is 0 Å². The second-order valence-electron chi connectivity index (χ2n) is 2.88. The van der Waals surface area contributed by atoms with E-state index in [4.69, 9.17) is 0 Å². The Hall–Kier alpha value is -1.82. The van der Waals surface area contributed by atoms with Gasteiger partial charge in [-0.2, -0.15) is 5.10 Å². The van der Waals surface area contributed by atoms with Crippen molar-refractivity contribution in [2.45, 2.75) is 5.03 Å². The van der Waals surface area contributed by atoms with Crippen LogP contribution >= 0.6 is 0 Å². The summed E-state index contributed by atoms with van der Waals surface area (Å²) in [7, 11) is -3.98. The van der Waals surface area contributed by atoms with Gasteiger partial charge in [0.2, 0.25) is 5.62 Å². The van der Waals surface area contributed by atoms with Crippen molar-refractivity contribution < 1.29 is 13.2 Å². The summed E-state index contributed by atoms with van der Waals surface area (Å²) in [6, 6.07) is 6.71. The largest absolute Gasteiger partial charge is 0.285 e. The fourth-order valence-corrected chi connectivity index (χ4v) is 2.00. The van der Waals surface area contributed by atoms with Gasteiger partial charge in [-0.1, -0.05) is 24.3 Å². The molecule has 15 heavy (non-hydrogen) atoms. The zero-order valence-corrected chi connectivity index (χ0v) is 8.31. The van der Waals surface area contributed by atoms with Crippen molar-refractivity contribution in [3.8, 4) is 0 Å². The van der Waals surface area contributed by atoms with E-state index in [1.165, 1.54) is 6.20 Å². The van der Waals surface area contributed by atoms with Crippen LogP contribution < -0.4 is 0 Å². The summed E-state index contributed by atoms with van der Waals surface area (Å²) in [6.07, 6.45) is 1.44. The van der Waals surface area contributed by atoms with Crippen LogP contribution in [0.2, 0.25) is 0 Å². The Morgan fingerprint density at radius 2 is 1.93 bits per heavy atom. The average Bonchev–Trinajstić information content (AvgIpc) is 2.28. The number of carbonyl (C=O) groups is 1. The summed E-state index contributed by atoms with van der Waals surface area (Å²) >= 11 is 0. The number of fused-ring (bicyclic) bond motifs is 1. The van der Waals surface area contributed by atoms with Gasteiger partial charge in [-0.3, -0.25) is 4.79 Å². The minimum absolute atomic E-state index is 0.122. The highest BCUT2D eigenvalue weighted by atomic mass is 32.2. The molecule has 0 amide bonds. The number of benzene rings is 1. The molecule has 76 valence electrons. The molecule has 1 aromatic carbocycles. The smallest absolute Gasteiger partial charge is 0.256 e. The quantitative estimate of drug-likeness (QED) is 0.695. The Labute approximate surface area is 85.7 Å². The molecule has 0 N–H and O–H groups in total. The molecule has 0 spiro atoms. The standard InChI is InChI=1S/C9H6N2O3S/c12-6-15(13,14)9-8-4-2-1-3-7(8)5-10-11-9/h1-6H. The highest BCUT2D eigenvalue weighted by molar-refractivity contribution is 8.04. The zero-order valence-electron chi connectivity index (χ0n) is 7.49. The molecule has 0 saturated carbocycles. The topological polar surface area (TPSA) is 77.0 Å². The Morgan fingerprint density at radius 1 is 1.20 bits per heavy atom. The predicted octanol–water partition coefficient (Wildman–Crippen LogP) is 0.594. The fourth-order valence-electron chi connectivity index (χ4n) is 1.26. The Bertz CT molecular complexity index is 617. The van der Waals surface area contributed by atoms with Crippen molar-refractivity contribution in [1.29, 1.82) is 0 Å². The molecule has 0 unspecified atom stereocenters. The highest BCUT2D eigenvalue weighted by Gasteiger charge is 2.18. The van der Waals surface area contributed by atoms with Crippen LogP contribution in [-0.2, 0) is 14.6 Å². The van der Waals surface area contributed by atoms with E-state index < -0.39 is 9.84 Å². The van der Waals surface area contributed by atoms with Crippen LogP contribution in [-0.4, -0.2) is 24.2 Å². The molecule has 1 aromatic heterocycles. The minimum Gasteiger partial charge on any atom is -0.285 e. The maximum Gasteiger partial charge on any atom is 0.256 e. The molecular formula is C9H6N2O3S. The van der Waals surface area contributed by atoms with E-state index in [1.807, 2.05) is 0 Å². The summed E-state index contributed by atoms with van der Waals surface area (Å²) in [5, 5.41) is 7.76. The van der Waals surface area contributed by atoms with Crippen LogP contribution in [0.1, 0.15) is 0 Å². The number of hydrogen-bond donors (Lipinski definition) is 0. The van der Waals surface area contributed by atoms with E-state index in [0.29, 0.717) is 10.8 Å². The fraction of sp³-hybridized carbons (Fsp3) is 0. The van der Waals surface area contributed by atoms with Gasteiger partial charge in [0, 0.05) is 10.8 Å². The van der Waals surface area contributed by atoms with Gasteiger partial charge in [-0.15, -0.1) is 5.10 Å². The van der Waals surface area contributed by atoms with Gasteiger partial charge in [0.05, 0.1) is 6.20 Å². The van der Waals surface area contributed by atoms with Gasteiger partial charge >= 0.3 is 0 Å². The molecule has 0 radical (unpaired) electrons. The first kappa shape index (κ1) is 9.72. The number of aromatic nitrogens is 2. The van der Waals surface area contributed by atoms with Crippen LogP contribution in [0.5, 0.6) is 0 Å². The van der Waals surface area contributed by atoms with Crippen LogP contribution in [0.25, 0.3) is 10.8 Å². The average molecular weight is 222 g/mol. The number of nitrogens with zero attached hydrogens (tertiary/aromatic N) is 2. The monoisotopic (exact) mass is 222 g/mol. The van der Waals surface area contributed by atoms with Crippen molar-refractivity contribution in [1.82, 2.24) is 10.2 Å². The van der Waals surface area contributed by atoms with Crippen molar-refractivity contribution in [2.24, 2.45) is 0 Å². The molecule has 0 fully saturated rings. The van der Waals surface area contributed by atoms with Gasteiger partial charge in [-0.05, 0) is 0 Å². The van der Waals surface area contributed by atoms with Gasteiger partial charge in [-0.25, -0.2) is 8.42 Å². The summed E-state index contributed by atoms with van der Waals surface area (Å²) in [5.74, 6) is 0. The lowest BCUT2D eigenvalue weighted by Gasteiger charge is -2.00. The first-order valence-electron chi connectivity index (χ1n) is 4.06. The van der Waals surface area contributed by atoms with E-state index in [1.54, 1.807) is 24.3 Å². The molecule has 0 bridgehead atoms. The van der Waals surface area contributed by atoms with Crippen molar-refractivity contribution in [3.05, 3.63) is 30.5 Å². The second-order valence-corrected chi connectivity index (χ2v) is 4.55. The molecule has 0 saturated heterocycles. The zero-order chi connectivity index (χ0) is 10.9. The van der Waals surface area contributed by atoms with Crippen LogP contribution in [0.4, 0.5) is 0 Å². The molecule has 0 atom stereocenters. The maximum atomic E-state index is 11.3. The van der Waals surface area contributed by atoms with Crippen molar-refractivity contribution in [3.63, 3.8) is 0 Å². The first-order chi connectivity index (χ1) is 7.15. The lowest BCUT2D eigenvalue weighted by Crippen LogP contribution is -2.06. The lowest BCUT2D eigenvalue weighted by molar-refractivity contribution is 0.555. The third-order valence-electron chi connectivity index (χ3n) is 1.93. The summed E-state index contributed by atoms with van der Waals surface area (Å²) in [6.45, 7) is 0. The van der Waals surface area contributed by atoms with Crippen LogP contribution in [0.15, 0.2) is 35.5 Å². The summed E-state index contributed by atoms with van der Waals surface area (Å²) in [4.78, 5) is 10.4. The van der Waals surface area contributed by atoms with E-state index in [-0.39, 0.29) is 10.6 Å². The van der Waals surface area contributed by atoms with E-state index in [2.05, 4.69) is 10.2 Å². The number of sulfone groups is 1. The first-order valence-corrected chi connectivity index (χ1v) is 5.60. The molecule has 0 aliphatic rings. The predicted molar refractivity (Wildman–Crippen MR) is 53.5 cm³/mol. The van der Waals surface area contributed by atoms with Crippen molar-refractivity contribution >= 4 is 26.2 Å². The molecule has 2 aromatic rings. The Balaban J connectivity index is 2.89. The maximum absolute atomic E-state index is 11.3. The number of carbonyl (C=O) groups excluding carboxylic acids is 1. The lowest BCUT2D eigenvalue weighted by atomic mass is 10.2. The molecule has 1 heterocycles. The van der Waals surface area contributed by atoms with Gasteiger partial charge in [0.15, 0.2) is 5.03 Å². The van der Waals surface area contributed by atoms with Gasteiger partial charge in [0.25, 0.3) is 9.84 Å². The van der Waals surface area contributed by atoms with Crippen LogP contribution in [0, 0.1) is 0 Å². The molecular weight excluding hydrogens is 216 g/mol. The number of hydrogen-bond acceptors (Lipinski definition) is 5. The normalized spacial score (nSPS) is 11.5. The second kappa shape index (κ2) is 3.39. The molecule has 6 heteroatoms. The van der Waals surface area contributed by atoms with Crippen LogP contribution in [0.3, 0.4) is 0 Å². The highest BCUT2D eigenvalue weighted by Crippen LogP contribution is 2.18. The summed E-state index contributed by atoms with van der Waals surface area (Å²) < 4.78 is 22.7. The van der Waals surface area contributed by atoms with Gasteiger partial charge < -0.3 is 0 Å². The Morgan fingerprint density at radius 3 is 2.67 bits per heavy atom. The third kappa shape index (κ3) is 1.59. The molecule has 5 nitrogen and oxygen atoms in total. The van der Waals surface area contributed by atoms with E-state index >= 15 is 0 Å². The number of rotatable bonds is 2. The third-order valence-corrected chi connectivity index (χ3v) is 3.03. The minimum atomic E-state index is -3.98. The molecule has 0 aliphatic heterocycles. The van der Waals surface area contributed by atoms with E-state index in [0.717, 1.165) is 0 Å². The van der Waals surface area contributed by atoms with Gasteiger partial charge in [0.1, 0.15) is 0 Å². The molecule has 2 rings (SSSR count). The SMILES string of the molecule is O=CS(=O)(=O)c1nncc2ccccc12. The van der Waals surface area contributed by atoms with E-state index in [9.17, 15) is 13.2 Å².